The molecule has 1 aliphatic rings. The Balaban J connectivity index is 1.96. The summed E-state index contributed by atoms with van der Waals surface area (Å²) in [4.78, 5) is 16.5. The Morgan fingerprint density at radius 2 is 1.87 bits per heavy atom. The number of oxime groups is 1. The fourth-order valence-corrected chi connectivity index (χ4v) is 3.92. The maximum absolute atomic E-state index is 14.1. The Morgan fingerprint density at radius 3 is 2.47 bits per heavy atom. The van der Waals surface area contributed by atoms with E-state index in [1.807, 2.05) is 0 Å². The van der Waals surface area contributed by atoms with Gasteiger partial charge in [0.1, 0.15) is 0 Å². The van der Waals surface area contributed by atoms with Crippen molar-refractivity contribution in [1.82, 2.24) is 5.32 Å². The smallest absolute Gasteiger partial charge is 0.374 e. The van der Waals surface area contributed by atoms with E-state index in [9.17, 15) is 18.0 Å². The zero-order valence-electron chi connectivity index (χ0n) is 15.6. The van der Waals surface area contributed by atoms with Gasteiger partial charge < -0.3 is 10.2 Å². The molecule has 3 rings (SSSR count). The summed E-state index contributed by atoms with van der Waals surface area (Å²) in [7, 11) is 0. The maximum Gasteiger partial charge on any atom is 0.435 e. The molecule has 2 aromatic rings. The van der Waals surface area contributed by atoms with E-state index >= 15 is 0 Å². The lowest BCUT2D eigenvalue weighted by molar-refractivity contribution is -0.275. The third-order valence-corrected chi connectivity index (χ3v) is 5.58. The van der Waals surface area contributed by atoms with Crippen LogP contribution in [-0.4, -0.2) is 17.8 Å². The second kappa shape index (κ2) is 8.65. The second-order valence-corrected chi connectivity index (χ2v) is 7.95. The molecule has 1 aliphatic heterocycles. The number of nitrogens with one attached hydrogen (secondary N) is 1. The largest absolute Gasteiger partial charge is 0.435 e. The molecule has 2 aromatic carbocycles. The molecule has 1 amide bonds. The van der Waals surface area contributed by atoms with Crippen LogP contribution < -0.4 is 5.32 Å². The van der Waals surface area contributed by atoms with Gasteiger partial charge >= 0.3 is 6.18 Å². The Morgan fingerprint density at radius 1 is 1.20 bits per heavy atom. The van der Waals surface area contributed by atoms with Crippen LogP contribution in [0.3, 0.4) is 0 Å². The van der Waals surface area contributed by atoms with Gasteiger partial charge in [0.15, 0.2) is 0 Å². The van der Waals surface area contributed by atoms with E-state index < -0.39 is 18.2 Å². The van der Waals surface area contributed by atoms with Gasteiger partial charge in [-0.2, -0.15) is 13.2 Å². The Bertz CT molecular complexity index is 991. The summed E-state index contributed by atoms with van der Waals surface area (Å²) in [5.41, 5.74) is -2.13. The standard InChI is InChI=1S/C20H16Cl3F3N2O2/c1-2-17(29)27-10-11-4-3-5-15(18(11)23)16-9-19(30-28-16,20(24,25)26)12-6-13(21)8-14(22)7-12/h3-8H,2,9-10H2,1H3,(H,27,29). The molecule has 0 bridgehead atoms. The molecule has 0 fully saturated rings. The van der Waals surface area contributed by atoms with Gasteiger partial charge in [-0.15, -0.1) is 0 Å². The van der Waals surface area contributed by atoms with Gasteiger partial charge in [-0.05, 0) is 23.8 Å². The number of halogens is 6. The van der Waals surface area contributed by atoms with E-state index in [0.717, 1.165) is 12.1 Å². The molecular weight excluding hydrogens is 464 g/mol. The first-order chi connectivity index (χ1) is 14.1. The highest BCUT2D eigenvalue weighted by Crippen LogP contribution is 2.50. The summed E-state index contributed by atoms with van der Waals surface area (Å²) < 4.78 is 42.4. The minimum absolute atomic E-state index is 0.0251. The van der Waals surface area contributed by atoms with Gasteiger partial charge in [0, 0.05) is 34.1 Å². The van der Waals surface area contributed by atoms with E-state index in [-0.39, 0.29) is 38.8 Å². The number of amides is 1. The van der Waals surface area contributed by atoms with Crippen molar-refractivity contribution in [3.63, 3.8) is 0 Å². The van der Waals surface area contributed by atoms with E-state index in [1.165, 1.54) is 6.07 Å². The lowest BCUT2D eigenvalue weighted by Gasteiger charge is -2.29. The highest BCUT2D eigenvalue weighted by atomic mass is 35.5. The van der Waals surface area contributed by atoms with Crippen LogP contribution in [0.1, 0.15) is 36.5 Å². The minimum atomic E-state index is -4.80. The number of hydrogen-bond donors (Lipinski definition) is 1. The van der Waals surface area contributed by atoms with Crippen molar-refractivity contribution in [3.8, 4) is 0 Å². The van der Waals surface area contributed by atoms with Gasteiger partial charge in [0.05, 0.1) is 17.2 Å². The molecule has 1 heterocycles. The molecule has 160 valence electrons. The number of hydrogen-bond acceptors (Lipinski definition) is 3. The van der Waals surface area contributed by atoms with Crippen molar-refractivity contribution in [1.29, 1.82) is 0 Å². The molecule has 4 nitrogen and oxygen atoms in total. The van der Waals surface area contributed by atoms with Crippen LogP contribution in [0.25, 0.3) is 0 Å². The van der Waals surface area contributed by atoms with Crippen LogP contribution in [-0.2, 0) is 21.8 Å². The van der Waals surface area contributed by atoms with Gasteiger partial charge in [-0.1, -0.05) is 65.1 Å². The Hall–Kier alpha value is -1.96. The second-order valence-electron chi connectivity index (χ2n) is 6.70. The van der Waals surface area contributed by atoms with E-state index in [1.54, 1.807) is 25.1 Å². The normalized spacial score (nSPS) is 18.7. The summed E-state index contributed by atoms with van der Waals surface area (Å²) >= 11 is 18.2. The quantitative estimate of drug-likeness (QED) is 0.551. The fraction of sp³-hybridized carbons (Fsp3) is 0.300. The Kier molecular flexibility index (Phi) is 6.55. The third kappa shape index (κ3) is 4.38. The number of carbonyl (C=O) groups excluding carboxylic acids is 1. The van der Waals surface area contributed by atoms with Crippen LogP contribution in [0.2, 0.25) is 15.1 Å². The average Bonchev–Trinajstić information content (AvgIpc) is 3.13. The van der Waals surface area contributed by atoms with Crippen molar-refractivity contribution >= 4 is 46.4 Å². The van der Waals surface area contributed by atoms with Gasteiger partial charge in [0.25, 0.3) is 5.60 Å². The summed E-state index contributed by atoms with van der Waals surface area (Å²) in [5.74, 6) is -0.174. The summed E-state index contributed by atoms with van der Waals surface area (Å²) in [6, 6.07) is 8.48. The van der Waals surface area contributed by atoms with E-state index in [2.05, 4.69) is 10.5 Å². The molecule has 0 aliphatic carbocycles. The number of benzene rings is 2. The predicted octanol–water partition coefficient (Wildman–Crippen LogP) is 6.26. The highest BCUT2D eigenvalue weighted by molar-refractivity contribution is 6.35. The molecule has 1 atom stereocenters. The first-order valence-corrected chi connectivity index (χ1v) is 10.0. The first-order valence-electron chi connectivity index (χ1n) is 8.90. The maximum atomic E-state index is 14.1. The van der Waals surface area contributed by atoms with Crippen molar-refractivity contribution in [2.24, 2.45) is 5.16 Å². The van der Waals surface area contributed by atoms with Gasteiger partial charge in [0.2, 0.25) is 5.91 Å². The van der Waals surface area contributed by atoms with Crippen molar-refractivity contribution in [2.45, 2.75) is 38.1 Å². The first kappa shape index (κ1) is 22.7. The van der Waals surface area contributed by atoms with Crippen LogP contribution in [0.5, 0.6) is 0 Å². The molecule has 0 radical (unpaired) electrons. The van der Waals surface area contributed by atoms with Gasteiger partial charge in [-0.3, -0.25) is 4.79 Å². The Labute approximate surface area is 185 Å². The summed E-state index contributed by atoms with van der Waals surface area (Å²) in [6.45, 7) is 1.85. The summed E-state index contributed by atoms with van der Waals surface area (Å²) in [5, 5.41) is 6.68. The van der Waals surface area contributed by atoms with Crippen molar-refractivity contribution in [2.75, 3.05) is 0 Å². The average molecular weight is 480 g/mol. The number of alkyl halides is 3. The number of carbonyl (C=O) groups is 1. The zero-order chi connectivity index (χ0) is 22.1. The number of nitrogens with zero attached hydrogens (tertiary/aromatic N) is 1. The molecule has 0 aromatic heterocycles. The molecule has 1 N–H and O–H groups in total. The molecule has 30 heavy (non-hydrogen) atoms. The minimum Gasteiger partial charge on any atom is -0.374 e. The monoisotopic (exact) mass is 478 g/mol. The highest BCUT2D eigenvalue weighted by Gasteiger charge is 2.62. The van der Waals surface area contributed by atoms with Crippen LogP contribution in [0.15, 0.2) is 41.6 Å². The molecule has 10 heteroatoms. The topological polar surface area (TPSA) is 50.7 Å². The van der Waals surface area contributed by atoms with Crippen molar-refractivity contribution < 1.29 is 22.8 Å². The van der Waals surface area contributed by atoms with Crippen LogP contribution in [0.4, 0.5) is 13.2 Å². The van der Waals surface area contributed by atoms with Gasteiger partial charge in [-0.25, -0.2) is 0 Å². The van der Waals surface area contributed by atoms with Crippen LogP contribution >= 0.6 is 34.8 Å². The molecule has 0 spiro atoms. The van der Waals surface area contributed by atoms with Crippen LogP contribution in [0, 0.1) is 0 Å². The molecule has 0 saturated heterocycles. The zero-order valence-corrected chi connectivity index (χ0v) is 17.9. The number of rotatable bonds is 5. The fourth-order valence-electron chi connectivity index (χ4n) is 3.09. The predicted molar refractivity (Wildman–Crippen MR) is 110 cm³/mol. The SMILES string of the molecule is CCC(=O)NCc1cccc(C2=NOC(c3cc(Cl)cc(Cl)c3)(C(F)(F)F)C2)c1Cl. The molecule has 0 saturated carbocycles. The summed E-state index contributed by atoms with van der Waals surface area (Å²) in [6.07, 6.45) is -5.11. The third-order valence-electron chi connectivity index (χ3n) is 4.70. The lowest BCUT2D eigenvalue weighted by Crippen LogP contribution is -2.42. The van der Waals surface area contributed by atoms with E-state index in [4.69, 9.17) is 39.6 Å². The lowest BCUT2D eigenvalue weighted by atomic mass is 9.86. The van der Waals surface area contributed by atoms with Crippen molar-refractivity contribution in [3.05, 3.63) is 68.2 Å². The molecular formula is C20H16Cl3F3N2O2. The van der Waals surface area contributed by atoms with E-state index in [0.29, 0.717) is 17.5 Å². The molecule has 1 unspecified atom stereocenters.